The molecule has 1 atom stereocenters. The van der Waals surface area contributed by atoms with Gasteiger partial charge in [-0.05, 0) is 55.5 Å². The highest BCUT2D eigenvalue weighted by Crippen LogP contribution is 2.21. The van der Waals surface area contributed by atoms with Crippen LogP contribution in [0.2, 0.25) is 0 Å². The Morgan fingerprint density at radius 2 is 1.58 bits per heavy atom. The minimum Gasteiger partial charge on any atom is -0.497 e. The summed E-state index contributed by atoms with van der Waals surface area (Å²) in [6.45, 7) is 1.65. The number of methoxy groups -OCH3 is 1. The van der Waals surface area contributed by atoms with Crippen molar-refractivity contribution >= 4 is 23.1 Å². The van der Waals surface area contributed by atoms with E-state index in [1.54, 1.807) is 62.6 Å². The van der Waals surface area contributed by atoms with Gasteiger partial charge in [0.05, 0.1) is 12.0 Å². The molecule has 158 valence electrons. The predicted molar refractivity (Wildman–Crippen MR) is 115 cm³/mol. The maximum absolute atomic E-state index is 12.6. The van der Waals surface area contributed by atoms with Crippen LogP contribution in [-0.2, 0) is 0 Å². The summed E-state index contributed by atoms with van der Waals surface area (Å²) in [7, 11) is 1.55. The molecule has 0 bridgehead atoms. The Hall–Kier alpha value is -4.20. The largest absolute Gasteiger partial charge is 0.497 e. The van der Waals surface area contributed by atoms with Crippen LogP contribution in [0.3, 0.4) is 0 Å². The van der Waals surface area contributed by atoms with Gasteiger partial charge in [-0.1, -0.05) is 6.07 Å². The molecule has 0 saturated carbocycles. The van der Waals surface area contributed by atoms with Crippen LogP contribution in [0.15, 0.2) is 72.8 Å². The zero-order chi connectivity index (χ0) is 22.4. The average Bonchev–Trinajstić information content (AvgIpc) is 2.79. The molecule has 3 aromatic rings. The number of hydrogen-bond acceptors (Lipinski definition) is 6. The van der Waals surface area contributed by atoms with Crippen molar-refractivity contribution in [2.24, 2.45) is 0 Å². The summed E-state index contributed by atoms with van der Waals surface area (Å²) in [5, 5.41) is 13.4. The number of ketones is 1. The third-order valence-corrected chi connectivity index (χ3v) is 4.49. The number of non-ortho nitro benzene ring substituents is 1. The van der Waals surface area contributed by atoms with Crippen molar-refractivity contribution < 1.29 is 24.0 Å². The van der Waals surface area contributed by atoms with E-state index < -0.39 is 16.9 Å². The van der Waals surface area contributed by atoms with E-state index in [4.69, 9.17) is 9.47 Å². The third-order valence-electron chi connectivity index (χ3n) is 4.49. The lowest BCUT2D eigenvalue weighted by molar-refractivity contribution is -0.384. The van der Waals surface area contributed by atoms with Crippen molar-refractivity contribution in [3.8, 4) is 11.5 Å². The van der Waals surface area contributed by atoms with Crippen LogP contribution < -0.4 is 14.8 Å². The number of nitro benzene ring substituents is 1. The summed E-state index contributed by atoms with van der Waals surface area (Å²) in [6, 6.07) is 18.7. The van der Waals surface area contributed by atoms with Gasteiger partial charge in [-0.2, -0.15) is 0 Å². The SMILES string of the molecule is COc1ccc(C(=O)[C@H](C)Oc2cccc(NC(=O)c3ccc([N+](=O)[O-])cc3)c2)cc1. The monoisotopic (exact) mass is 420 g/mol. The summed E-state index contributed by atoms with van der Waals surface area (Å²) < 4.78 is 10.8. The van der Waals surface area contributed by atoms with Gasteiger partial charge in [0, 0.05) is 35.0 Å². The van der Waals surface area contributed by atoms with Gasteiger partial charge >= 0.3 is 0 Å². The number of carbonyl (C=O) groups excluding carboxylic acids is 2. The van der Waals surface area contributed by atoms with Crippen LogP contribution in [-0.4, -0.2) is 29.8 Å². The van der Waals surface area contributed by atoms with Crippen LogP contribution in [0, 0.1) is 10.1 Å². The number of ether oxygens (including phenoxy) is 2. The maximum atomic E-state index is 12.6. The number of anilines is 1. The number of hydrogen-bond donors (Lipinski definition) is 1. The fourth-order valence-electron chi connectivity index (χ4n) is 2.83. The molecule has 0 spiro atoms. The van der Waals surface area contributed by atoms with Crippen LogP contribution >= 0.6 is 0 Å². The van der Waals surface area contributed by atoms with Crippen molar-refractivity contribution in [3.05, 3.63) is 94.0 Å². The van der Waals surface area contributed by atoms with Gasteiger partial charge in [0.15, 0.2) is 6.10 Å². The van der Waals surface area contributed by atoms with E-state index in [0.717, 1.165) is 0 Å². The fraction of sp³-hybridized carbons (Fsp3) is 0.130. The Balaban J connectivity index is 1.65. The van der Waals surface area contributed by atoms with Gasteiger partial charge in [-0.3, -0.25) is 19.7 Å². The Morgan fingerprint density at radius 1 is 0.935 bits per heavy atom. The van der Waals surface area contributed by atoms with E-state index >= 15 is 0 Å². The summed E-state index contributed by atoms with van der Waals surface area (Å²) in [5.41, 5.74) is 1.14. The van der Waals surface area contributed by atoms with Crippen molar-refractivity contribution in [2.45, 2.75) is 13.0 Å². The van der Waals surface area contributed by atoms with Crippen LogP contribution in [0.25, 0.3) is 0 Å². The Bertz CT molecular complexity index is 1090. The molecule has 1 N–H and O–H groups in total. The van der Waals surface area contributed by atoms with E-state index in [-0.39, 0.29) is 17.0 Å². The second-order valence-electron chi connectivity index (χ2n) is 6.64. The fourth-order valence-corrected chi connectivity index (χ4v) is 2.83. The van der Waals surface area contributed by atoms with E-state index in [9.17, 15) is 19.7 Å². The third kappa shape index (κ3) is 5.45. The molecule has 0 aliphatic carbocycles. The molecule has 0 heterocycles. The first-order valence-corrected chi connectivity index (χ1v) is 9.38. The van der Waals surface area contributed by atoms with E-state index in [0.29, 0.717) is 22.7 Å². The summed E-state index contributed by atoms with van der Waals surface area (Å²) in [5.74, 6) is 0.454. The first-order valence-electron chi connectivity index (χ1n) is 9.38. The van der Waals surface area contributed by atoms with Crippen LogP contribution in [0.1, 0.15) is 27.6 Å². The van der Waals surface area contributed by atoms with Crippen molar-refractivity contribution in [1.82, 2.24) is 0 Å². The molecule has 0 unspecified atom stereocenters. The normalized spacial score (nSPS) is 11.3. The number of nitrogens with zero attached hydrogens (tertiary/aromatic N) is 1. The van der Waals surface area contributed by atoms with Gasteiger partial charge < -0.3 is 14.8 Å². The lowest BCUT2D eigenvalue weighted by atomic mass is 10.1. The lowest BCUT2D eigenvalue weighted by Gasteiger charge is -2.15. The lowest BCUT2D eigenvalue weighted by Crippen LogP contribution is -2.24. The molecule has 0 saturated heterocycles. The van der Waals surface area contributed by atoms with Crippen molar-refractivity contribution in [3.63, 3.8) is 0 Å². The van der Waals surface area contributed by atoms with Crippen LogP contribution in [0.5, 0.6) is 11.5 Å². The van der Waals surface area contributed by atoms with E-state index in [2.05, 4.69) is 5.32 Å². The topological polar surface area (TPSA) is 108 Å². The van der Waals surface area contributed by atoms with Gasteiger partial charge in [0.2, 0.25) is 5.78 Å². The van der Waals surface area contributed by atoms with Crippen molar-refractivity contribution in [1.29, 1.82) is 0 Å². The second kappa shape index (κ2) is 9.53. The molecule has 8 heteroatoms. The average molecular weight is 420 g/mol. The van der Waals surface area contributed by atoms with Gasteiger partial charge in [0.25, 0.3) is 11.6 Å². The molecule has 1 amide bonds. The van der Waals surface area contributed by atoms with E-state index in [1.807, 2.05) is 0 Å². The number of carbonyl (C=O) groups is 2. The molecular weight excluding hydrogens is 400 g/mol. The first kappa shape index (κ1) is 21.5. The molecular formula is C23H20N2O6. The zero-order valence-corrected chi connectivity index (χ0v) is 16.9. The molecule has 31 heavy (non-hydrogen) atoms. The highest BCUT2D eigenvalue weighted by molar-refractivity contribution is 6.04. The summed E-state index contributed by atoms with van der Waals surface area (Å²) in [6.07, 6.45) is -0.742. The Labute approximate surface area is 178 Å². The number of rotatable bonds is 8. The predicted octanol–water partition coefficient (Wildman–Crippen LogP) is 4.51. The van der Waals surface area contributed by atoms with Crippen molar-refractivity contribution in [2.75, 3.05) is 12.4 Å². The van der Waals surface area contributed by atoms with Gasteiger partial charge in [-0.15, -0.1) is 0 Å². The highest BCUT2D eigenvalue weighted by atomic mass is 16.6. The second-order valence-corrected chi connectivity index (χ2v) is 6.64. The van der Waals surface area contributed by atoms with Gasteiger partial charge in [0.1, 0.15) is 11.5 Å². The minimum atomic E-state index is -0.742. The Morgan fingerprint density at radius 3 is 2.19 bits per heavy atom. The number of amides is 1. The van der Waals surface area contributed by atoms with Gasteiger partial charge in [-0.25, -0.2) is 0 Å². The standard InChI is InChI=1S/C23H20N2O6/c1-15(22(26)16-8-12-20(30-2)13-9-16)31-21-5-3-4-18(14-21)24-23(27)17-6-10-19(11-7-17)25(28)29/h3-15H,1-2H3,(H,24,27)/t15-/m0/s1. The molecule has 8 nitrogen and oxygen atoms in total. The number of benzene rings is 3. The molecule has 0 aromatic heterocycles. The molecule has 3 rings (SSSR count). The smallest absolute Gasteiger partial charge is 0.269 e. The molecule has 0 aliphatic heterocycles. The molecule has 0 aliphatic rings. The highest BCUT2D eigenvalue weighted by Gasteiger charge is 2.17. The van der Waals surface area contributed by atoms with Crippen LogP contribution in [0.4, 0.5) is 11.4 Å². The first-order chi connectivity index (χ1) is 14.9. The maximum Gasteiger partial charge on any atom is 0.269 e. The number of Topliss-reactive ketones (excluding diaryl/α,β-unsaturated/α-hetero) is 1. The molecule has 3 aromatic carbocycles. The number of nitrogens with one attached hydrogen (secondary N) is 1. The van der Waals surface area contributed by atoms with E-state index in [1.165, 1.54) is 24.3 Å². The number of nitro groups is 1. The minimum absolute atomic E-state index is 0.0949. The quantitative estimate of drug-likeness (QED) is 0.326. The summed E-state index contributed by atoms with van der Waals surface area (Å²) in [4.78, 5) is 35.2. The summed E-state index contributed by atoms with van der Waals surface area (Å²) >= 11 is 0. The molecule has 0 fully saturated rings. The zero-order valence-electron chi connectivity index (χ0n) is 16.9. The Kier molecular flexibility index (Phi) is 6.61. The molecule has 0 radical (unpaired) electrons.